The van der Waals surface area contributed by atoms with Crippen LogP contribution in [0.5, 0.6) is 0 Å². The second kappa shape index (κ2) is 6.44. The number of nitrogens with one attached hydrogen (secondary N) is 1. The van der Waals surface area contributed by atoms with Gasteiger partial charge >= 0.3 is 5.69 Å². The maximum Gasteiger partial charge on any atom is 0.349 e. The topological polar surface area (TPSA) is 92.1 Å². The molecule has 0 radical (unpaired) electrons. The third-order valence-corrected chi connectivity index (χ3v) is 6.84. The molecule has 32 heavy (non-hydrogen) atoms. The zero-order valence-corrected chi connectivity index (χ0v) is 17.5. The summed E-state index contributed by atoms with van der Waals surface area (Å²) in [7, 11) is 0. The van der Waals surface area contributed by atoms with Crippen LogP contribution < -0.4 is 10.6 Å². The third kappa shape index (κ3) is 2.33. The maximum absolute atomic E-state index is 12.8. The van der Waals surface area contributed by atoms with Crippen LogP contribution in [-0.2, 0) is 0 Å². The number of aromatic nitrogens is 5. The molecule has 0 atom stereocenters. The summed E-state index contributed by atoms with van der Waals surface area (Å²) in [5.41, 5.74) is 3.18. The quantitative estimate of drug-likeness (QED) is 0.457. The van der Waals surface area contributed by atoms with Crippen LogP contribution in [0.15, 0.2) is 70.5 Å². The van der Waals surface area contributed by atoms with E-state index >= 15 is 0 Å². The molecule has 5 aromatic rings. The Hall–Kier alpha value is -4.11. The van der Waals surface area contributed by atoms with Gasteiger partial charge in [-0.05, 0) is 0 Å². The van der Waals surface area contributed by atoms with E-state index in [-0.39, 0.29) is 5.69 Å². The molecule has 0 saturated heterocycles. The number of anilines is 1. The number of aliphatic imine (C=N–C) groups is 1. The molecule has 0 saturated carbocycles. The molecule has 154 valence electrons. The van der Waals surface area contributed by atoms with Gasteiger partial charge in [0.25, 0.3) is 0 Å². The van der Waals surface area contributed by atoms with E-state index < -0.39 is 0 Å². The highest BCUT2D eigenvalue weighted by atomic mass is 32.1. The van der Waals surface area contributed by atoms with E-state index in [0.29, 0.717) is 24.9 Å². The van der Waals surface area contributed by atoms with Crippen molar-refractivity contribution in [2.24, 2.45) is 4.99 Å². The normalized spacial score (nSPS) is 14.2. The third-order valence-electron chi connectivity index (χ3n) is 5.77. The Balaban J connectivity index is 1.63. The van der Waals surface area contributed by atoms with Crippen molar-refractivity contribution in [1.82, 2.24) is 24.7 Å². The number of H-pyrrole nitrogens is 1. The Morgan fingerprint density at radius 3 is 2.47 bits per heavy atom. The molecule has 1 N–H and O–H groups in total. The predicted octanol–water partition coefficient (Wildman–Crippen LogP) is 3.48. The summed E-state index contributed by atoms with van der Waals surface area (Å²) < 4.78 is 1.64. The molecule has 0 unspecified atom stereocenters. The van der Waals surface area contributed by atoms with E-state index in [1.54, 1.807) is 15.9 Å². The molecule has 0 amide bonds. The average Bonchev–Trinajstić information content (AvgIpc) is 3.56. The molecular formula is C23H15N7OS. The first-order valence-electron chi connectivity index (χ1n) is 10.2. The molecule has 2 aliphatic rings. The molecule has 5 heterocycles. The minimum absolute atomic E-state index is 0.280. The van der Waals surface area contributed by atoms with Crippen molar-refractivity contribution in [2.45, 2.75) is 0 Å². The zero-order valence-electron chi connectivity index (χ0n) is 16.7. The van der Waals surface area contributed by atoms with Crippen LogP contribution in [0.1, 0.15) is 4.88 Å². The number of hydrogen-bond donors (Lipinski definition) is 1. The first kappa shape index (κ1) is 17.6. The van der Waals surface area contributed by atoms with Crippen molar-refractivity contribution < 1.29 is 0 Å². The van der Waals surface area contributed by atoms with Gasteiger partial charge in [-0.3, -0.25) is 9.89 Å². The molecular weight excluding hydrogens is 422 g/mol. The Bertz CT molecular complexity index is 1600. The Morgan fingerprint density at radius 2 is 1.69 bits per heavy atom. The molecule has 2 aliphatic heterocycles. The second-order valence-electron chi connectivity index (χ2n) is 7.61. The van der Waals surface area contributed by atoms with E-state index in [0.717, 1.165) is 43.4 Å². The van der Waals surface area contributed by atoms with Crippen LogP contribution in [0.25, 0.3) is 38.5 Å². The van der Waals surface area contributed by atoms with Gasteiger partial charge in [0.05, 0.1) is 28.2 Å². The number of amidine groups is 1. The molecule has 3 aromatic heterocycles. The van der Waals surface area contributed by atoms with E-state index in [2.05, 4.69) is 10.2 Å². The van der Waals surface area contributed by atoms with Gasteiger partial charge in [0.2, 0.25) is 5.95 Å². The minimum Gasteiger partial charge on any atom is -0.292 e. The first-order chi connectivity index (χ1) is 15.8. The van der Waals surface area contributed by atoms with Crippen molar-refractivity contribution in [3.63, 3.8) is 0 Å². The molecule has 2 aromatic carbocycles. The minimum atomic E-state index is -0.280. The first-order valence-corrected chi connectivity index (χ1v) is 11.1. The standard InChI is InChI=1S/C23H15N7OS/c31-23-28-27-22-29-12-11-24-20(29)18-17(30(22)23)15-16(13-7-3-1-4-8-13)25-19(26-21(15)32-18)14-9-5-2-6-10-14/h1-10H,11-12H2,(H,28,31). The lowest BCUT2D eigenvalue weighted by Crippen LogP contribution is -2.36. The number of hydrogen-bond acceptors (Lipinski definition) is 7. The fraction of sp³-hybridized carbons (Fsp3) is 0.0870. The molecule has 0 fully saturated rings. The number of nitrogens with zero attached hydrogens (tertiary/aromatic N) is 6. The summed E-state index contributed by atoms with van der Waals surface area (Å²) in [5.74, 6) is 2.06. The van der Waals surface area contributed by atoms with Crippen LogP contribution in [0.3, 0.4) is 0 Å². The number of aromatic amines is 1. The SMILES string of the molecule is O=c1[nH]nc2n1-c1c(sc3nc(-c4ccccc4)nc(-c4ccccc4)c13)C1=NCCN12. The summed E-state index contributed by atoms with van der Waals surface area (Å²) in [5, 5.41) is 7.74. The highest BCUT2D eigenvalue weighted by Crippen LogP contribution is 2.44. The summed E-state index contributed by atoms with van der Waals surface area (Å²) in [6.07, 6.45) is 0. The largest absolute Gasteiger partial charge is 0.349 e. The second-order valence-corrected chi connectivity index (χ2v) is 8.61. The molecule has 8 nitrogen and oxygen atoms in total. The van der Waals surface area contributed by atoms with Gasteiger partial charge in [-0.1, -0.05) is 60.7 Å². The molecule has 9 heteroatoms. The molecule has 0 spiro atoms. The monoisotopic (exact) mass is 437 g/mol. The van der Waals surface area contributed by atoms with Crippen molar-refractivity contribution in [3.05, 3.63) is 76.0 Å². The van der Waals surface area contributed by atoms with Crippen molar-refractivity contribution >= 4 is 33.3 Å². The van der Waals surface area contributed by atoms with E-state index in [1.165, 1.54) is 0 Å². The van der Waals surface area contributed by atoms with Gasteiger partial charge < -0.3 is 0 Å². The summed E-state index contributed by atoms with van der Waals surface area (Å²) in [4.78, 5) is 31.2. The van der Waals surface area contributed by atoms with E-state index in [4.69, 9.17) is 15.0 Å². The molecule has 0 aliphatic carbocycles. The lowest BCUT2D eigenvalue weighted by molar-refractivity contribution is 0.917. The smallest absolute Gasteiger partial charge is 0.292 e. The summed E-state index contributed by atoms with van der Waals surface area (Å²) >= 11 is 1.54. The zero-order chi connectivity index (χ0) is 21.2. The van der Waals surface area contributed by atoms with Gasteiger partial charge in [-0.25, -0.2) is 24.4 Å². The van der Waals surface area contributed by atoms with Gasteiger partial charge in [-0.2, -0.15) is 0 Å². The van der Waals surface area contributed by atoms with Gasteiger partial charge in [0.1, 0.15) is 10.7 Å². The van der Waals surface area contributed by atoms with Gasteiger partial charge in [0.15, 0.2) is 5.82 Å². The van der Waals surface area contributed by atoms with Crippen LogP contribution in [0, 0.1) is 0 Å². The van der Waals surface area contributed by atoms with Crippen LogP contribution in [-0.4, -0.2) is 43.7 Å². The number of rotatable bonds is 2. The molecule has 0 bridgehead atoms. The Kier molecular flexibility index (Phi) is 3.54. The lowest BCUT2D eigenvalue weighted by atomic mass is 10.1. The van der Waals surface area contributed by atoms with E-state index in [9.17, 15) is 4.79 Å². The van der Waals surface area contributed by atoms with E-state index in [1.807, 2.05) is 65.6 Å². The lowest BCUT2D eigenvalue weighted by Gasteiger charge is -2.24. The number of fused-ring (bicyclic) bond motifs is 8. The van der Waals surface area contributed by atoms with Crippen LogP contribution >= 0.6 is 11.3 Å². The van der Waals surface area contributed by atoms with Crippen LogP contribution in [0.4, 0.5) is 5.95 Å². The van der Waals surface area contributed by atoms with Crippen molar-refractivity contribution in [2.75, 3.05) is 18.0 Å². The van der Waals surface area contributed by atoms with Crippen molar-refractivity contribution in [1.29, 1.82) is 0 Å². The fourth-order valence-electron chi connectivity index (χ4n) is 4.38. The van der Waals surface area contributed by atoms with Gasteiger partial charge in [-0.15, -0.1) is 16.4 Å². The molecule has 7 rings (SSSR count). The van der Waals surface area contributed by atoms with Crippen LogP contribution in [0.2, 0.25) is 0 Å². The Morgan fingerprint density at radius 1 is 0.938 bits per heavy atom. The fourth-order valence-corrected chi connectivity index (χ4v) is 5.56. The number of thiophene rings is 1. The Labute approximate surface area is 185 Å². The van der Waals surface area contributed by atoms with Crippen molar-refractivity contribution in [3.8, 4) is 28.3 Å². The van der Waals surface area contributed by atoms with Gasteiger partial charge in [0, 0.05) is 17.7 Å². The maximum atomic E-state index is 12.8. The highest BCUT2D eigenvalue weighted by molar-refractivity contribution is 7.21. The summed E-state index contributed by atoms with van der Waals surface area (Å²) in [6, 6.07) is 20.0. The number of benzene rings is 2. The average molecular weight is 437 g/mol. The predicted molar refractivity (Wildman–Crippen MR) is 125 cm³/mol. The summed E-state index contributed by atoms with van der Waals surface area (Å²) in [6.45, 7) is 1.36. The highest BCUT2D eigenvalue weighted by Gasteiger charge is 2.37.